The molecule has 0 heterocycles. The maximum absolute atomic E-state index is 11.2. The molecule has 1 aromatic carbocycles. The Morgan fingerprint density at radius 3 is 2.64 bits per heavy atom. The van der Waals surface area contributed by atoms with Crippen LogP contribution in [0.4, 0.5) is 0 Å². The average Bonchev–Trinajstić information content (AvgIpc) is 2.26. The van der Waals surface area contributed by atoms with Gasteiger partial charge < -0.3 is 9.84 Å². The number of esters is 1. The van der Waals surface area contributed by atoms with E-state index in [1.54, 1.807) is 6.92 Å². The first kappa shape index (κ1) is 10.7. The van der Waals surface area contributed by atoms with Gasteiger partial charge in [0.2, 0.25) is 0 Å². The molecule has 0 fully saturated rings. The largest absolute Gasteiger partial charge is 0.461 e. The van der Waals surface area contributed by atoms with Crippen LogP contribution in [0.2, 0.25) is 0 Å². The second-order valence-corrected chi connectivity index (χ2v) is 3.18. The molecule has 0 bridgehead atoms. The van der Waals surface area contributed by atoms with Crippen molar-refractivity contribution < 1.29 is 14.6 Å². The van der Waals surface area contributed by atoms with Crippen LogP contribution in [-0.2, 0) is 16.1 Å². The van der Waals surface area contributed by atoms with Crippen molar-refractivity contribution in [2.24, 2.45) is 5.92 Å². The number of aliphatic hydroxyl groups excluding tert-OH is 1. The van der Waals surface area contributed by atoms with Gasteiger partial charge in [0.15, 0.2) is 0 Å². The average molecular weight is 194 g/mol. The van der Waals surface area contributed by atoms with E-state index in [-0.39, 0.29) is 19.2 Å². The van der Waals surface area contributed by atoms with Crippen LogP contribution in [0.3, 0.4) is 0 Å². The monoisotopic (exact) mass is 194 g/mol. The molecular formula is C11H14O3. The van der Waals surface area contributed by atoms with E-state index in [1.165, 1.54) is 0 Å². The van der Waals surface area contributed by atoms with Gasteiger partial charge in [-0.25, -0.2) is 0 Å². The van der Waals surface area contributed by atoms with E-state index in [0.29, 0.717) is 0 Å². The summed E-state index contributed by atoms with van der Waals surface area (Å²) in [6.45, 7) is 1.73. The smallest absolute Gasteiger partial charge is 0.311 e. The Labute approximate surface area is 83.3 Å². The molecule has 1 N–H and O–H groups in total. The van der Waals surface area contributed by atoms with Gasteiger partial charge in [-0.1, -0.05) is 30.3 Å². The number of hydrogen-bond donors (Lipinski definition) is 1. The molecule has 0 radical (unpaired) electrons. The predicted octanol–water partition coefficient (Wildman–Crippen LogP) is 1.36. The Balaban J connectivity index is 2.38. The van der Waals surface area contributed by atoms with Gasteiger partial charge in [0.25, 0.3) is 0 Å². The third-order valence-corrected chi connectivity index (χ3v) is 1.90. The minimum atomic E-state index is -0.446. The summed E-state index contributed by atoms with van der Waals surface area (Å²) in [6.07, 6.45) is 0. The van der Waals surface area contributed by atoms with E-state index in [4.69, 9.17) is 9.84 Å². The SMILES string of the molecule is C[C@@H](CO)C(=O)OCc1ccccc1. The summed E-state index contributed by atoms with van der Waals surface area (Å²) in [6, 6.07) is 9.45. The zero-order valence-corrected chi connectivity index (χ0v) is 8.14. The number of rotatable bonds is 4. The molecule has 3 nitrogen and oxygen atoms in total. The van der Waals surface area contributed by atoms with Gasteiger partial charge in [0.1, 0.15) is 6.61 Å². The van der Waals surface area contributed by atoms with E-state index in [9.17, 15) is 4.79 Å². The molecule has 0 aliphatic heterocycles. The van der Waals surface area contributed by atoms with E-state index in [1.807, 2.05) is 30.3 Å². The maximum Gasteiger partial charge on any atom is 0.311 e. The van der Waals surface area contributed by atoms with Crippen molar-refractivity contribution in [1.29, 1.82) is 0 Å². The van der Waals surface area contributed by atoms with Crippen molar-refractivity contribution in [3.8, 4) is 0 Å². The van der Waals surface area contributed by atoms with E-state index >= 15 is 0 Å². The molecule has 0 aliphatic carbocycles. The molecule has 76 valence electrons. The number of benzene rings is 1. The van der Waals surface area contributed by atoms with Crippen LogP contribution in [-0.4, -0.2) is 17.7 Å². The highest BCUT2D eigenvalue weighted by atomic mass is 16.5. The highest BCUT2D eigenvalue weighted by Crippen LogP contribution is 2.03. The Kier molecular flexibility index (Phi) is 4.13. The first-order valence-corrected chi connectivity index (χ1v) is 4.55. The standard InChI is InChI=1S/C11H14O3/c1-9(7-12)11(13)14-8-10-5-3-2-4-6-10/h2-6,9,12H,7-8H2,1H3/t9-/m0/s1. The summed E-state index contributed by atoms with van der Waals surface area (Å²) in [5.74, 6) is -0.810. The summed E-state index contributed by atoms with van der Waals surface area (Å²) >= 11 is 0. The topological polar surface area (TPSA) is 46.5 Å². The summed E-state index contributed by atoms with van der Waals surface area (Å²) in [4.78, 5) is 11.2. The molecule has 0 amide bonds. The molecular weight excluding hydrogens is 180 g/mol. The third kappa shape index (κ3) is 3.18. The molecule has 1 aromatic rings. The Morgan fingerprint density at radius 1 is 1.43 bits per heavy atom. The third-order valence-electron chi connectivity index (χ3n) is 1.90. The second-order valence-electron chi connectivity index (χ2n) is 3.18. The van der Waals surface area contributed by atoms with Crippen LogP contribution in [0.15, 0.2) is 30.3 Å². The van der Waals surface area contributed by atoms with Gasteiger partial charge >= 0.3 is 5.97 Å². The maximum atomic E-state index is 11.2. The van der Waals surface area contributed by atoms with Crippen molar-refractivity contribution in [3.05, 3.63) is 35.9 Å². The highest BCUT2D eigenvalue weighted by molar-refractivity contribution is 5.72. The summed E-state index contributed by atoms with van der Waals surface area (Å²) in [5, 5.41) is 8.70. The summed E-state index contributed by atoms with van der Waals surface area (Å²) < 4.78 is 4.98. The molecule has 0 aromatic heterocycles. The number of carbonyl (C=O) groups excluding carboxylic acids is 1. The molecule has 0 aliphatic rings. The minimum absolute atomic E-state index is 0.173. The predicted molar refractivity (Wildman–Crippen MR) is 52.5 cm³/mol. The first-order chi connectivity index (χ1) is 6.74. The lowest BCUT2D eigenvalue weighted by Crippen LogP contribution is -2.17. The van der Waals surface area contributed by atoms with Gasteiger partial charge in [0.05, 0.1) is 12.5 Å². The lowest BCUT2D eigenvalue weighted by Gasteiger charge is -2.08. The van der Waals surface area contributed by atoms with Crippen LogP contribution >= 0.6 is 0 Å². The Hall–Kier alpha value is -1.35. The van der Waals surface area contributed by atoms with Crippen molar-refractivity contribution >= 4 is 5.97 Å². The quantitative estimate of drug-likeness (QED) is 0.736. The summed E-state index contributed by atoms with van der Waals surface area (Å²) in [5.41, 5.74) is 0.950. The normalized spacial score (nSPS) is 12.1. The first-order valence-electron chi connectivity index (χ1n) is 4.55. The van der Waals surface area contributed by atoms with Gasteiger partial charge in [-0.15, -0.1) is 0 Å². The van der Waals surface area contributed by atoms with Gasteiger partial charge in [-0.2, -0.15) is 0 Å². The van der Waals surface area contributed by atoms with Gasteiger partial charge in [-0.3, -0.25) is 4.79 Å². The number of carbonyl (C=O) groups is 1. The van der Waals surface area contributed by atoms with Crippen molar-refractivity contribution in [2.75, 3.05) is 6.61 Å². The molecule has 1 atom stereocenters. The number of ether oxygens (including phenoxy) is 1. The molecule has 3 heteroatoms. The molecule has 0 spiro atoms. The van der Waals surface area contributed by atoms with E-state index in [2.05, 4.69) is 0 Å². The molecule has 0 saturated heterocycles. The zero-order valence-electron chi connectivity index (χ0n) is 8.14. The molecule has 0 unspecified atom stereocenters. The molecule has 0 saturated carbocycles. The van der Waals surface area contributed by atoms with E-state index < -0.39 is 5.92 Å². The Bertz CT molecular complexity index is 282. The van der Waals surface area contributed by atoms with Gasteiger partial charge in [0, 0.05) is 0 Å². The number of hydrogen-bond acceptors (Lipinski definition) is 3. The minimum Gasteiger partial charge on any atom is -0.461 e. The lowest BCUT2D eigenvalue weighted by molar-refractivity contribution is -0.150. The van der Waals surface area contributed by atoms with Crippen LogP contribution in [0, 0.1) is 5.92 Å². The fourth-order valence-electron chi connectivity index (χ4n) is 0.945. The fourth-order valence-corrected chi connectivity index (χ4v) is 0.945. The molecule has 14 heavy (non-hydrogen) atoms. The Morgan fingerprint density at radius 2 is 2.07 bits per heavy atom. The van der Waals surface area contributed by atoms with Crippen LogP contribution in [0.5, 0.6) is 0 Å². The van der Waals surface area contributed by atoms with Crippen LogP contribution < -0.4 is 0 Å². The number of aliphatic hydroxyl groups is 1. The van der Waals surface area contributed by atoms with Crippen molar-refractivity contribution in [2.45, 2.75) is 13.5 Å². The van der Waals surface area contributed by atoms with Crippen LogP contribution in [0.1, 0.15) is 12.5 Å². The summed E-state index contributed by atoms with van der Waals surface area (Å²) in [7, 11) is 0. The zero-order chi connectivity index (χ0) is 10.4. The van der Waals surface area contributed by atoms with Crippen LogP contribution in [0.25, 0.3) is 0 Å². The fraction of sp³-hybridized carbons (Fsp3) is 0.364. The lowest BCUT2D eigenvalue weighted by atomic mass is 10.2. The molecule has 1 rings (SSSR count). The highest BCUT2D eigenvalue weighted by Gasteiger charge is 2.12. The van der Waals surface area contributed by atoms with Crippen molar-refractivity contribution in [1.82, 2.24) is 0 Å². The van der Waals surface area contributed by atoms with Crippen molar-refractivity contribution in [3.63, 3.8) is 0 Å². The van der Waals surface area contributed by atoms with E-state index in [0.717, 1.165) is 5.56 Å². The second kappa shape index (κ2) is 5.40. The van der Waals surface area contributed by atoms with Gasteiger partial charge in [-0.05, 0) is 12.5 Å².